The van der Waals surface area contributed by atoms with Crippen LogP contribution < -0.4 is 5.73 Å². The van der Waals surface area contributed by atoms with Crippen LogP contribution in [0.3, 0.4) is 0 Å². The van der Waals surface area contributed by atoms with Crippen LogP contribution in [-0.2, 0) is 4.79 Å². The molecule has 1 atom stereocenters. The van der Waals surface area contributed by atoms with Gasteiger partial charge in [-0.2, -0.15) is 0 Å². The molecule has 2 N–H and O–H groups in total. The Bertz CT molecular complexity index is 285. The molecular weight excluding hydrogens is 232 g/mol. The number of nitrogens with zero attached hydrogens (tertiary/aromatic N) is 1. The van der Waals surface area contributed by atoms with E-state index >= 15 is 0 Å². The first-order valence-electron chi connectivity index (χ1n) is 6.52. The Labute approximate surface area is 110 Å². The van der Waals surface area contributed by atoms with Gasteiger partial charge in [0.15, 0.2) is 0 Å². The molecule has 0 aromatic rings. The number of rotatable bonds is 5. The summed E-state index contributed by atoms with van der Waals surface area (Å²) in [4.78, 5) is 14.8. The van der Waals surface area contributed by atoms with E-state index < -0.39 is 0 Å². The van der Waals surface area contributed by atoms with Crippen molar-refractivity contribution in [1.29, 1.82) is 0 Å². The van der Waals surface area contributed by atoms with Gasteiger partial charge in [0.1, 0.15) is 0 Å². The molecule has 1 saturated carbocycles. The Balaban J connectivity index is 2.74. The second-order valence-corrected chi connectivity index (χ2v) is 5.93. The van der Waals surface area contributed by atoms with Crippen molar-refractivity contribution in [1.82, 2.24) is 4.90 Å². The van der Waals surface area contributed by atoms with E-state index in [-0.39, 0.29) is 11.8 Å². The van der Waals surface area contributed by atoms with Crippen molar-refractivity contribution >= 4 is 23.1 Å². The maximum Gasteiger partial charge on any atom is 0.226 e. The fourth-order valence-corrected chi connectivity index (χ4v) is 2.46. The van der Waals surface area contributed by atoms with Crippen LogP contribution in [0.5, 0.6) is 0 Å². The van der Waals surface area contributed by atoms with Crippen molar-refractivity contribution in [3.8, 4) is 0 Å². The Morgan fingerprint density at radius 1 is 1.35 bits per heavy atom. The highest BCUT2D eigenvalue weighted by Gasteiger charge is 2.30. The molecule has 0 aromatic carbocycles. The van der Waals surface area contributed by atoms with E-state index in [2.05, 4.69) is 13.8 Å². The topological polar surface area (TPSA) is 46.3 Å². The molecule has 3 nitrogen and oxygen atoms in total. The summed E-state index contributed by atoms with van der Waals surface area (Å²) in [6.07, 6.45) is 4.61. The maximum atomic E-state index is 12.4. The highest BCUT2D eigenvalue weighted by molar-refractivity contribution is 7.80. The summed E-state index contributed by atoms with van der Waals surface area (Å²) in [6, 6.07) is 0.352. The van der Waals surface area contributed by atoms with Crippen LogP contribution in [0.25, 0.3) is 0 Å². The van der Waals surface area contributed by atoms with Crippen molar-refractivity contribution in [2.45, 2.75) is 52.5 Å². The molecule has 0 spiro atoms. The number of hydrogen-bond donors (Lipinski definition) is 1. The van der Waals surface area contributed by atoms with Crippen LogP contribution in [0.2, 0.25) is 0 Å². The minimum Gasteiger partial charge on any atom is -0.392 e. The van der Waals surface area contributed by atoms with Gasteiger partial charge < -0.3 is 10.6 Å². The summed E-state index contributed by atoms with van der Waals surface area (Å²) in [5.41, 5.74) is 5.61. The second-order valence-electron chi connectivity index (χ2n) is 5.40. The molecule has 0 radical (unpaired) electrons. The monoisotopic (exact) mass is 256 g/mol. The SMILES string of the molecule is CC(C)C(C)C(=O)N(CC(N)=S)C1CCCC1. The Morgan fingerprint density at radius 3 is 2.29 bits per heavy atom. The molecule has 0 aromatic heterocycles. The minimum atomic E-state index is 0.0462. The van der Waals surface area contributed by atoms with Crippen molar-refractivity contribution in [2.24, 2.45) is 17.6 Å². The first-order valence-corrected chi connectivity index (χ1v) is 6.93. The van der Waals surface area contributed by atoms with Gasteiger partial charge in [0, 0.05) is 12.0 Å². The van der Waals surface area contributed by atoms with Crippen LogP contribution in [0.15, 0.2) is 0 Å². The van der Waals surface area contributed by atoms with E-state index in [1.165, 1.54) is 12.8 Å². The van der Waals surface area contributed by atoms with Gasteiger partial charge in [-0.25, -0.2) is 0 Å². The number of hydrogen-bond acceptors (Lipinski definition) is 2. The molecule has 17 heavy (non-hydrogen) atoms. The van der Waals surface area contributed by atoms with E-state index in [1.54, 1.807) is 0 Å². The van der Waals surface area contributed by atoms with Crippen LogP contribution in [0.1, 0.15) is 46.5 Å². The maximum absolute atomic E-state index is 12.4. The Hall–Kier alpha value is -0.640. The molecule has 98 valence electrons. The van der Waals surface area contributed by atoms with Crippen molar-refractivity contribution in [2.75, 3.05) is 6.54 Å². The van der Waals surface area contributed by atoms with Gasteiger partial charge in [-0.3, -0.25) is 4.79 Å². The van der Waals surface area contributed by atoms with Crippen LogP contribution in [0, 0.1) is 11.8 Å². The van der Waals surface area contributed by atoms with Gasteiger partial charge in [0.05, 0.1) is 11.5 Å². The number of thiocarbonyl (C=S) groups is 1. The van der Waals surface area contributed by atoms with Crippen LogP contribution in [0.4, 0.5) is 0 Å². The van der Waals surface area contributed by atoms with E-state index in [9.17, 15) is 4.79 Å². The average Bonchev–Trinajstić information content (AvgIpc) is 2.76. The molecule has 1 aliphatic carbocycles. The highest BCUT2D eigenvalue weighted by Crippen LogP contribution is 2.26. The normalized spacial score (nSPS) is 18.4. The highest BCUT2D eigenvalue weighted by atomic mass is 32.1. The number of nitrogens with two attached hydrogens (primary N) is 1. The van der Waals surface area contributed by atoms with Gasteiger partial charge in [0.25, 0.3) is 0 Å². The van der Waals surface area contributed by atoms with Crippen molar-refractivity contribution < 1.29 is 4.79 Å². The zero-order valence-electron chi connectivity index (χ0n) is 11.1. The van der Waals surface area contributed by atoms with Gasteiger partial charge >= 0.3 is 0 Å². The largest absolute Gasteiger partial charge is 0.392 e. The molecule has 1 rings (SSSR count). The van der Waals surface area contributed by atoms with Crippen LogP contribution in [-0.4, -0.2) is 28.4 Å². The molecule has 1 aliphatic rings. The lowest BCUT2D eigenvalue weighted by atomic mass is 9.95. The molecule has 1 unspecified atom stereocenters. The smallest absolute Gasteiger partial charge is 0.226 e. The van der Waals surface area contributed by atoms with Gasteiger partial charge in [0.2, 0.25) is 5.91 Å². The van der Waals surface area contributed by atoms with Crippen molar-refractivity contribution in [3.05, 3.63) is 0 Å². The van der Waals surface area contributed by atoms with E-state index in [0.29, 0.717) is 23.5 Å². The Morgan fingerprint density at radius 2 is 1.88 bits per heavy atom. The zero-order chi connectivity index (χ0) is 13.0. The predicted molar refractivity (Wildman–Crippen MR) is 74.8 cm³/mol. The summed E-state index contributed by atoms with van der Waals surface area (Å²) in [5, 5.41) is 0. The molecule has 0 bridgehead atoms. The minimum absolute atomic E-state index is 0.0462. The van der Waals surface area contributed by atoms with Crippen molar-refractivity contribution in [3.63, 3.8) is 0 Å². The third-order valence-electron chi connectivity index (χ3n) is 3.76. The Kier molecular flexibility index (Phi) is 5.37. The first-order chi connectivity index (χ1) is 7.93. The summed E-state index contributed by atoms with van der Waals surface area (Å²) in [5.74, 6) is 0.613. The predicted octanol–water partition coefficient (Wildman–Crippen LogP) is 2.34. The quantitative estimate of drug-likeness (QED) is 0.768. The fourth-order valence-electron chi connectivity index (χ4n) is 2.32. The van der Waals surface area contributed by atoms with Crippen LogP contribution >= 0.6 is 12.2 Å². The molecule has 0 aliphatic heterocycles. The van der Waals surface area contributed by atoms with E-state index in [4.69, 9.17) is 18.0 Å². The average molecular weight is 256 g/mol. The third kappa shape index (κ3) is 3.95. The molecule has 1 amide bonds. The number of carbonyl (C=O) groups excluding carboxylic acids is 1. The fraction of sp³-hybridized carbons (Fsp3) is 0.846. The molecule has 0 heterocycles. The van der Waals surface area contributed by atoms with E-state index in [0.717, 1.165) is 12.8 Å². The summed E-state index contributed by atoms with van der Waals surface area (Å²) >= 11 is 4.96. The number of amides is 1. The standard InChI is InChI=1S/C13H24N2OS/c1-9(2)10(3)13(16)15(8-12(14)17)11-6-4-5-7-11/h9-11H,4-8H2,1-3H3,(H2,14,17). The molecule has 0 saturated heterocycles. The molecular formula is C13H24N2OS. The van der Waals surface area contributed by atoms with Gasteiger partial charge in [-0.05, 0) is 18.8 Å². The second kappa shape index (κ2) is 6.34. The van der Waals surface area contributed by atoms with Gasteiger partial charge in [-0.1, -0.05) is 45.8 Å². The first kappa shape index (κ1) is 14.4. The summed E-state index contributed by atoms with van der Waals surface area (Å²) in [6.45, 7) is 6.59. The molecule has 4 heteroatoms. The summed E-state index contributed by atoms with van der Waals surface area (Å²) in [7, 11) is 0. The van der Waals surface area contributed by atoms with E-state index in [1.807, 2.05) is 11.8 Å². The summed E-state index contributed by atoms with van der Waals surface area (Å²) < 4.78 is 0. The number of carbonyl (C=O) groups is 1. The zero-order valence-corrected chi connectivity index (χ0v) is 11.9. The lowest BCUT2D eigenvalue weighted by Gasteiger charge is -2.32. The lowest BCUT2D eigenvalue weighted by molar-refractivity contribution is -0.137. The lowest BCUT2D eigenvalue weighted by Crippen LogP contribution is -2.46. The van der Waals surface area contributed by atoms with Gasteiger partial charge in [-0.15, -0.1) is 0 Å². The molecule has 1 fully saturated rings. The third-order valence-corrected chi connectivity index (χ3v) is 3.89.